The summed E-state index contributed by atoms with van der Waals surface area (Å²) in [6.07, 6.45) is 8.32. The highest BCUT2D eigenvalue weighted by Crippen LogP contribution is 2.50. The van der Waals surface area contributed by atoms with Gasteiger partial charge < -0.3 is 44.7 Å². The number of phenols is 2. The van der Waals surface area contributed by atoms with Crippen LogP contribution in [0.2, 0.25) is 0 Å². The van der Waals surface area contributed by atoms with E-state index < -0.39 is 77.2 Å². The standard InChI is InChI=1S/C43H56N4O10/c1-20-14-13-15-21(2)41(53)45-33-32-31(46-43(47-32)17-11-10-12-18-43)28-29(37(33)52)36(51)25(6)39-30(28)40(44)42(8,57-39)55-19-16-27(54-9)22(3)38(56-26(7)48)24(5)35(50)23(4)34(20)49/h13-16,19-20,22-24,27,34-35,38,44,49-52H,10-12,17-18H2,1-9H3,(H,45,53)/b14-13-,19-16?,21-15-,44-40?/t20-,22+,23+,24+,27-,34-,35+,38+,42-/m0/s1. The normalized spacial score (nSPS) is 33.1. The molecular weight excluding hydrogens is 732 g/mol. The van der Waals surface area contributed by atoms with Crippen molar-refractivity contribution < 1.29 is 49.0 Å². The summed E-state index contributed by atoms with van der Waals surface area (Å²) in [5.41, 5.74) is -0.170. The number of aromatic hydroxyl groups is 2. The van der Waals surface area contributed by atoms with E-state index in [1.807, 2.05) is 6.92 Å². The molecular formula is C43H56N4O10. The minimum atomic E-state index is -1.72. The van der Waals surface area contributed by atoms with Gasteiger partial charge in [-0.15, -0.1) is 0 Å². The summed E-state index contributed by atoms with van der Waals surface area (Å²) in [5.74, 6) is -5.64. The van der Waals surface area contributed by atoms with Crippen molar-refractivity contribution in [3.8, 4) is 17.2 Å². The Morgan fingerprint density at radius 1 is 0.947 bits per heavy atom. The molecule has 308 valence electrons. The van der Waals surface area contributed by atoms with E-state index in [1.165, 1.54) is 20.3 Å². The maximum Gasteiger partial charge on any atom is 0.302 e. The summed E-state index contributed by atoms with van der Waals surface area (Å²) >= 11 is 0. The molecule has 2 aromatic carbocycles. The minimum Gasteiger partial charge on any atom is -0.507 e. The summed E-state index contributed by atoms with van der Waals surface area (Å²) in [6, 6.07) is 0. The fourth-order valence-corrected chi connectivity index (χ4v) is 8.74. The molecule has 6 rings (SSSR count). The van der Waals surface area contributed by atoms with Gasteiger partial charge in [0.2, 0.25) is 0 Å². The second kappa shape index (κ2) is 15.9. The van der Waals surface area contributed by atoms with Crippen molar-refractivity contribution in [1.29, 1.82) is 5.41 Å². The van der Waals surface area contributed by atoms with Crippen LogP contribution in [0.1, 0.15) is 91.7 Å². The topological polar surface area (TPSA) is 213 Å². The van der Waals surface area contributed by atoms with E-state index in [0.717, 1.165) is 19.3 Å². The van der Waals surface area contributed by atoms with E-state index in [4.69, 9.17) is 28.9 Å². The summed E-state index contributed by atoms with van der Waals surface area (Å²) in [4.78, 5) is 36.4. The van der Waals surface area contributed by atoms with Crippen LogP contribution in [0.3, 0.4) is 0 Å². The Kier molecular flexibility index (Phi) is 11.6. The molecule has 9 atom stereocenters. The predicted molar refractivity (Wildman–Crippen MR) is 213 cm³/mol. The van der Waals surface area contributed by atoms with E-state index in [-0.39, 0.29) is 55.7 Å². The monoisotopic (exact) mass is 788 g/mol. The average molecular weight is 789 g/mol. The summed E-state index contributed by atoms with van der Waals surface area (Å²) in [7, 11) is 1.49. The molecule has 3 aliphatic heterocycles. The average Bonchev–Trinajstić information content (AvgIpc) is 3.67. The molecule has 2 aromatic rings. The summed E-state index contributed by atoms with van der Waals surface area (Å²) < 4.78 is 24.2. The third-order valence-electron chi connectivity index (χ3n) is 12.3. The van der Waals surface area contributed by atoms with Crippen LogP contribution in [0.4, 0.5) is 5.69 Å². The summed E-state index contributed by atoms with van der Waals surface area (Å²) in [5, 5.41) is 59.8. The molecule has 6 N–H and O–H groups in total. The molecule has 1 amide bonds. The number of amides is 1. The van der Waals surface area contributed by atoms with Crippen molar-refractivity contribution in [2.24, 2.45) is 33.7 Å². The lowest BCUT2D eigenvalue weighted by atomic mass is 9.78. The number of carbonyl (C=O) groups excluding carboxylic acids is 2. The fraction of sp³-hybridized carbons (Fsp3) is 0.558. The minimum absolute atomic E-state index is 0.00516. The van der Waals surface area contributed by atoms with E-state index >= 15 is 0 Å². The first kappa shape index (κ1) is 41.8. The van der Waals surface area contributed by atoms with Crippen LogP contribution in [0.25, 0.3) is 10.8 Å². The van der Waals surface area contributed by atoms with Crippen molar-refractivity contribution in [2.45, 2.75) is 123 Å². The van der Waals surface area contributed by atoms with Gasteiger partial charge in [0.25, 0.3) is 11.7 Å². The lowest BCUT2D eigenvalue weighted by Gasteiger charge is -2.38. The number of phenolic OH excluding ortho intramolecular Hbond substituents is 2. The number of allylic oxidation sites excluding steroid dienone is 2. The Bertz CT molecular complexity index is 2190. The highest BCUT2D eigenvalue weighted by Gasteiger charge is 2.47. The third kappa shape index (κ3) is 7.43. The number of fused-ring (bicyclic) bond motifs is 1. The maximum atomic E-state index is 13.8. The molecule has 57 heavy (non-hydrogen) atoms. The zero-order valence-corrected chi connectivity index (χ0v) is 34.2. The predicted octanol–water partition coefficient (Wildman–Crippen LogP) is 5.15. The number of anilines is 1. The van der Waals surface area contributed by atoms with Crippen LogP contribution in [0.15, 0.2) is 46.1 Å². The highest BCUT2D eigenvalue weighted by molar-refractivity contribution is 6.20. The van der Waals surface area contributed by atoms with Crippen molar-refractivity contribution >= 4 is 34.0 Å². The first-order valence-electron chi connectivity index (χ1n) is 19.8. The fourth-order valence-electron chi connectivity index (χ4n) is 8.74. The van der Waals surface area contributed by atoms with E-state index in [2.05, 4.69) is 5.32 Å². The van der Waals surface area contributed by atoms with Crippen LogP contribution in [0, 0.1) is 36.0 Å². The first-order valence-corrected chi connectivity index (χ1v) is 19.8. The Morgan fingerprint density at radius 3 is 2.26 bits per heavy atom. The van der Waals surface area contributed by atoms with Gasteiger partial charge in [0.1, 0.15) is 34.4 Å². The number of nitrogens with one attached hydrogen (secondary N) is 2. The van der Waals surface area contributed by atoms with Crippen LogP contribution < -0.4 is 20.8 Å². The third-order valence-corrected chi connectivity index (χ3v) is 12.3. The number of aliphatic hydroxyl groups excluding tert-OH is 2. The van der Waals surface area contributed by atoms with Crippen molar-refractivity contribution in [3.05, 3.63) is 58.0 Å². The van der Waals surface area contributed by atoms with Crippen LogP contribution in [-0.2, 0) is 23.8 Å². The van der Waals surface area contributed by atoms with Gasteiger partial charge in [0, 0.05) is 61.2 Å². The number of nitrogens with zero attached hydrogens (tertiary/aromatic N) is 2. The largest absolute Gasteiger partial charge is 0.507 e. The number of aliphatic hydroxyl groups is 2. The van der Waals surface area contributed by atoms with Gasteiger partial charge in [-0.05, 0) is 45.6 Å². The smallest absolute Gasteiger partial charge is 0.302 e. The zero-order valence-electron chi connectivity index (χ0n) is 34.2. The molecule has 14 heteroatoms. The van der Waals surface area contributed by atoms with Crippen LogP contribution in [-0.4, -0.2) is 81.0 Å². The lowest BCUT2D eigenvalue weighted by molar-refractivity contribution is -0.160. The molecule has 1 spiro atoms. The molecule has 3 heterocycles. The number of rotatable bonds is 2. The van der Waals surface area contributed by atoms with E-state index in [1.54, 1.807) is 65.8 Å². The molecule has 14 nitrogen and oxygen atoms in total. The number of methoxy groups -OCH3 is 1. The molecule has 1 saturated carbocycles. The second-order valence-electron chi connectivity index (χ2n) is 16.4. The van der Waals surface area contributed by atoms with Gasteiger partial charge >= 0.3 is 5.97 Å². The molecule has 0 aromatic heterocycles. The number of hydrogen-bond donors (Lipinski definition) is 6. The van der Waals surface area contributed by atoms with E-state index in [0.29, 0.717) is 18.2 Å². The van der Waals surface area contributed by atoms with Crippen molar-refractivity contribution in [1.82, 2.24) is 0 Å². The summed E-state index contributed by atoms with van der Waals surface area (Å²) in [6.45, 7) is 13.1. The van der Waals surface area contributed by atoms with Crippen molar-refractivity contribution in [2.75, 3.05) is 12.4 Å². The van der Waals surface area contributed by atoms with Gasteiger partial charge in [-0.1, -0.05) is 52.3 Å². The number of esters is 1. The van der Waals surface area contributed by atoms with Gasteiger partial charge in [0.15, 0.2) is 11.4 Å². The molecule has 0 unspecified atom stereocenters. The number of hydrogen-bond acceptors (Lipinski definition) is 13. The number of carbonyl (C=O) groups is 2. The lowest BCUT2D eigenvalue weighted by Crippen LogP contribution is -2.46. The van der Waals surface area contributed by atoms with Crippen LogP contribution >= 0.6 is 0 Å². The maximum absolute atomic E-state index is 13.8. The Morgan fingerprint density at radius 2 is 1.61 bits per heavy atom. The molecule has 0 saturated heterocycles. The highest BCUT2D eigenvalue weighted by atomic mass is 16.7. The first-order chi connectivity index (χ1) is 26.9. The van der Waals surface area contributed by atoms with Gasteiger partial charge in [-0.25, -0.2) is 0 Å². The van der Waals surface area contributed by atoms with Gasteiger partial charge in [-0.2, -0.15) is 0 Å². The van der Waals surface area contributed by atoms with Crippen LogP contribution in [0.5, 0.6) is 17.2 Å². The van der Waals surface area contributed by atoms with E-state index in [9.17, 15) is 35.4 Å². The Labute approximate surface area is 332 Å². The Hall–Kier alpha value is -4.79. The molecule has 1 aliphatic carbocycles. The zero-order chi connectivity index (χ0) is 41.7. The molecule has 4 bridgehead atoms. The Balaban J connectivity index is 1.55. The molecule has 1 fully saturated rings. The van der Waals surface area contributed by atoms with Crippen molar-refractivity contribution in [3.63, 3.8) is 0 Å². The second-order valence-corrected chi connectivity index (χ2v) is 16.4. The molecule has 0 radical (unpaired) electrons. The van der Waals surface area contributed by atoms with Gasteiger partial charge in [-0.3, -0.25) is 25.0 Å². The number of ether oxygens (including phenoxy) is 4. The number of benzene rings is 2. The quantitative estimate of drug-likeness (QED) is 0.174. The van der Waals surface area contributed by atoms with Gasteiger partial charge in [0.05, 0.1) is 40.9 Å². The molecule has 4 aliphatic rings. The SMILES string of the molecule is CO[C@H]1C=CO[C@@]2(C)Oc3c(C)c(O)c4c(O)c(c5c(c4c3C2=N)=NC2(CCCCC2)N=5)NC(=O)/C(C)=C\C=C/[C@H](C)[C@H](O)[C@@H](C)[C@@H](O)[C@@H](C)[C@H](OC(C)=O)[C@@H]1C.